The Balaban J connectivity index is 1.19. The molecule has 0 saturated carbocycles. The number of hydrogen-bond donors (Lipinski definition) is 2. The number of rotatable bonds is 5. The predicted octanol–water partition coefficient (Wildman–Crippen LogP) is 3.79. The van der Waals surface area contributed by atoms with Crippen LogP contribution >= 0.6 is 0 Å². The first-order valence-corrected chi connectivity index (χ1v) is 10.8. The second kappa shape index (κ2) is 8.36. The van der Waals surface area contributed by atoms with Crippen LogP contribution in [0.1, 0.15) is 0 Å². The number of H-pyrrole nitrogens is 1. The largest absolute Gasteiger partial charge is 0.378 e. The summed E-state index contributed by atoms with van der Waals surface area (Å²) in [6.07, 6.45) is 7.34. The lowest BCUT2D eigenvalue weighted by Gasteiger charge is -2.25. The van der Waals surface area contributed by atoms with E-state index in [0.29, 0.717) is 13.2 Å². The van der Waals surface area contributed by atoms with Gasteiger partial charge >= 0.3 is 0 Å². The zero-order valence-electron chi connectivity index (χ0n) is 17.8. The van der Waals surface area contributed by atoms with Crippen LogP contribution in [0, 0.1) is 0 Å². The molecule has 2 N–H and O–H groups in total. The van der Waals surface area contributed by atoms with E-state index < -0.39 is 0 Å². The van der Waals surface area contributed by atoms with Crippen molar-refractivity contribution in [2.75, 3.05) is 36.5 Å². The zero-order valence-corrected chi connectivity index (χ0v) is 17.8. The summed E-state index contributed by atoms with van der Waals surface area (Å²) in [6, 6.07) is 16.4. The first-order valence-electron chi connectivity index (χ1n) is 10.8. The third-order valence-electron chi connectivity index (χ3n) is 5.73. The third-order valence-corrected chi connectivity index (χ3v) is 5.73. The minimum Gasteiger partial charge on any atom is -0.378 e. The Morgan fingerprint density at radius 2 is 1.76 bits per heavy atom. The summed E-state index contributed by atoms with van der Waals surface area (Å²) in [5.41, 5.74) is 4.07. The molecule has 1 aliphatic heterocycles. The van der Waals surface area contributed by atoms with E-state index in [1.807, 2.05) is 42.9 Å². The van der Waals surface area contributed by atoms with Gasteiger partial charge in [-0.2, -0.15) is 10.1 Å². The van der Waals surface area contributed by atoms with Crippen molar-refractivity contribution in [2.45, 2.75) is 0 Å². The van der Waals surface area contributed by atoms with Gasteiger partial charge in [-0.1, -0.05) is 12.1 Å². The number of aromatic amines is 1. The van der Waals surface area contributed by atoms with Gasteiger partial charge in [0.2, 0.25) is 5.95 Å². The molecular weight excluding hydrogens is 416 g/mol. The van der Waals surface area contributed by atoms with Gasteiger partial charge < -0.3 is 15.0 Å². The standard InChI is InChI=1S/C24H22N8O/c1-2-18-13-25-23(12-19(18)11-17(1)20-14-27-28-15-20)29-21-3-5-22(6-4-21)32-16-26-24(30-32)31-7-9-33-10-8-31/h1-6,11-16H,7-10H2,(H,25,29)(H,27,28). The average molecular weight is 438 g/mol. The van der Waals surface area contributed by atoms with Gasteiger partial charge in [-0.15, -0.1) is 5.10 Å². The van der Waals surface area contributed by atoms with Crippen LogP contribution in [0.15, 0.2) is 73.4 Å². The lowest BCUT2D eigenvalue weighted by atomic mass is 10.1. The molecule has 1 fully saturated rings. The van der Waals surface area contributed by atoms with E-state index in [0.717, 1.165) is 58.1 Å². The molecule has 0 aliphatic carbocycles. The molecule has 4 heterocycles. The van der Waals surface area contributed by atoms with E-state index in [1.54, 1.807) is 11.0 Å². The number of nitrogens with zero attached hydrogens (tertiary/aromatic N) is 6. The molecule has 0 unspecified atom stereocenters. The smallest absolute Gasteiger partial charge is 0.245 e. The lowest BCUT2D eigenvalue weighted by molar-refractivity contribution is 0.122. The molecule has 9 nitrogen and oxygen atoms in total. The number of morpholine rings is 1. The van der Waals surface area contributed by atoms with Gasteiger partial charge in [0.1, 0.15) is 12.1 Å². The van der Waals surface area contributed by atoms with Gasteiger partial charge in [0.15, 0.2) is 0 Å². The van der Waals surface area contributed by atoms with Crippen molar-refractivity contribution in [1.29, 1.82) is 0 Å². The van der Waals surface area contributed by atoms with Crippen LogP contribution in [0.5, 0.6) is 0 Å². The fourth-order valence-corrected chi connectivity index (χ4v) is 3.93. The van der Waals surface area contributed by atoms with Gasteiger partial charge in [0.25, 0.3) is 0 Å². The second-order valence-corrected chi connectivity index (χ2v) is 7.88. The molecule has 2 aromatic carbocycles. The summed E-state index contributed by atoms with van der Waals surface area (Å²) >= 11 is 0. The van der Waals surface area contributed by atoms with Crippen LogP contribution in [0.3, 0.4) is 0 Å². The highest BCUT2D eigenvalue weighted by atomic mass is 16.5. The molecule has 1 saturated heterocycles. The Labute approximate surface area is 190 Å². The normalized spacial score (nSPS) is 14.0. The van der Waals surface area contributed by atoms with Crippen molar-refractivity contribution < 1.29 is 4.74 Å². The highest BCUT2D eigenvalue weighted by Gasteiger charge is 2.15. The van der Waals surface area contributed by atoms with Crippen molar-refractivity contribution in [3.63, 3.8) is 0 Å². The summed E-state index contributed by atoms with van der Waals surface area (Å²) < 4.78 is 7.19. The van der Waals surface area contributed by atoms with Crippen LogP contribution in [0.4, 0.5) is 17.5 Å². The number of nitrogens with one attached hydrogen (secondary N) is 2. The predicted molar refractivity (Wildman–Crippen MR) is 127 cm³/mol. The van der Waals surface area contributed by atoms with Gasteiger partial charge in [0, 0.05) is 42.1 Å². The molecule has 5 aromatic rings. The van der Waals surface area contributed by atoms with Gasteiger partial charge in [0.05, 0.1) is 25.1 Å². The van der Waals surface area contributed by atoms with Gasteiger partial charge in [-0.05, 0) is 47.3 Å². The van der Waals surface area contributed by atoms with E-state index >= 15 is 0 Å². The van der Waals surface area contributed by atoms with E-state index in [4.69, 9.17) is 4.74 Å². The molecule has 0 bridgehead atoms. The van der Waals surface area contributed by atoms with Crippen molar-refractivity contribution in [2.24, 2.45) is 0 Å². The van der Waals surface area contributed by atoms with Crippen molar-refractivity contribution in [3.8, 4) is 16.8 Å². The van der Waals surface area contributed by atoms with Crippen LogP contribution in [-0.2, 0) is 4.74 Å². The number of benzene rings is 2. The fraction of sp³-hybridized carbons (Fsp3) is 0.167. The molecule has 0 spiro atoms. The molecule has 1 aliphatic rings. The lowest BCUT2D eigenvalue weighted by Crippen LogP contribution is -2.37. The highest BCUT2D eigenvalue weighted by Crippen LogP contribution is 2.26. The fourth-order valence-electron chi connectivity index (χ4n) is 3.93. The number of hydrogen-bond acceptors (Lipinski definition) is 7. The Morgan fingerprint density at radius 1 is 0.879 bits per heavy atom. The van der Waals surface area contributed by atoms with Gasteiger partial charge in [-0.3, -0.25) is 5.10 Å². The number of aromatic nitrogens is 6. The first-order chi connectivity index (χ1) is 16.3. The Bertz CT molecular complexity index is 1370. The molecule has 6 rings (SSSR count). The minimum absolute atomic E-state index is 0.711. The van der Waals surface area contributed by atoms with E-state index in [1.165, 1.54) is 0 Å². The van der Waals surface area contributed by atoms with E-state index in [9.17, 15) is 0 Å². The maximum absolute atomic E-state index is 5.40. The molecule has 33 heavy (non-hydrogen) atoms. The quantitative estimate of drug-likeness (QED) is 0.431. The van der Waals surface area contributed by atoms with Crippen molar-refractivity contribution in [1.82, 2.24) is 29.9 Å². The number of ether oxygens (including phenoxy) is 1. The minimum atomic E-state index is 0.711. The third kappa shape index (κ3) is 4.01. The molecular formula is C24H22N8O. The van der Waals surface area contributed by atoms with E-state index in [2.05, 4.69) is 59.7 Å². The second-order valence-electron chi connectivity index (χ2n) is 7.88. The highest BCUT2D eigenvalue weighted by molar-refractivity contribution is 5.88. The van der Waals surface area contributed by atoms with Crippen LogP contribution in [0.25, 0.3) is 27.6 Å². The average Bonchev–Trinajstić information content (AvgIpc) is 3.58. The maximum atomic E-state index is 5.40. The number of fused-ring (bicyclic) bond motifs is 1. The molecule has 0 amide bonds. The Kier molecular flexibility index (Phi) is 4.93. The molecule has 0 radical (unpaired) electrons. The summed E-state index contributed by atoms with van der Waals surface area (Å²) in [6.45, 7) is 3.05. The van der Waals surface area contributed by atoms with Crippen LogP contribution < -0.4 is 10.2 Å². The number of anilines is 3. The summed E-state index contributed by atoms with van der Waals surface area (Å²) in [4.78, 5) is 11.1. The summed E-state index contributed by atoms with van der Waals surface area (Å²) in [5, 5.41) is 17.1. The summed E-state index contributed by atoms with van der Waals surface area (Å²) in [7, 11) is 0. The zero-order chi connectivity index (χ0) is 22.0. The molecule has 9 heteroatoms. The molecule has 3 aromatic heterocycles. The first kappa shape index (κ1) is 19.4. The van der Waals surface area contributed by atoms with Crippen molar-refractivity contribution >= 4 is 28.2 Å². The van der Waals surface area contributed by atoms with E-state index in [-0.39, 0.29) is 0 Å². The molecule has 164 valence electrons. The Morgan fingerprint density at radius 3 is 2.58 bits per heavy atom. The van der Waals surface area contributed by atoms with Crippen molar-refractivity contribution in [3.05, 3.63) is 73.4 Å². The topological polar surface area (TPSA) is 96.8 Å². The monoisotopic (exact) mass is 438 g/mol. The van der Waals surface area contributed by atoms with Gasteiger partial charge in [-0.25, -0.2) is 9.67 Å². The van der Waals surface area contributed by atoms with Crippen LogP contribution in [0.2, 0.25) is 0 Å². The Hall–Kier alpha value is -4.24. The SMILES string of the molecule is c1cc(-n2cnc(N3CCOCC3)n2)ccc1Nc1cc2cc(-c3cn[nH]c3)ccc2cn1. The van der Waals surface area contributed by atoms with Crippen LogP contribution in [-0.4, -0.2) is 56.2 Å². The number of pyridine rings is 1. The summed E-state index contributed by atoms with van der Waals surface area (Å²) in [5.74, 6) is 1.52. The maximum Gasteiger partial charge on any atom is 0.245 e. The molecule has 0 atom stereocenters.